The van der Waals surface area contributed by atoms with E-state index in [1.165, 1.54) is 44.5 Å². The third-order valence-electron chi connectivity index (χ3n) is 20.9. The molecule has 14 rings (SSSR count). The van der Waals surface area contributed by atoms with Gasteiger partial charge in [-0.3, -0.25) is 53.5 Å². The summed E-state index contributed by atoms with van der Waals surface area (Å²) in [4.78, 5) is 106. The Labute approximate surface area is 687 Å². The summed E-state index contributed by atoms with van der Waals surface area (Å²) < 4.78 is 13.1. The van der Waals surface area contributed by atoms with Crippen LogP contribution in [0.5, 0.6) is 0 Å². The van der Waals surface area contributed by atoms with Gasteiger partial charge in [0.25, 0.3) is 17.7 Å². The van der Waals surface area contributed by atoms with Crippen molar-refractivity contribution in [1.82, 2.24) is 44.0 Å². The van der Waals surface area contributed by atoms with Crippen molar-refractivity contribution in [3.8, 4) is 91.9 Å². The summed E-state index contributed by atoms with van der Waals surface area (Å²) in [6, 6.07) is 28.4. The highest BCUT2D eigenvalue weighted by molar-refractivity contribution is 7.11. The average Bonchev–Trinajstić information content (AvgIpc) is 1.69. The minimum absolute atomic E-state index is 0.0251. The molecule has 1 saturated heterocycles. The highest BCUT2D eigenvalue weighted by Gasteiger charge is 2.58. The molecule has 0 bridgehead atoms. The number of carbonyl (C=O) groups excluding carboxylic acids is 5. The number of rotatable bonds is 16. The molecule has 115 heavy (non-hydrogen) atoms. The molecule has 9 aromatic rings. The first-order chi connectivity index (χ1) is 55.0. The first-order valence-corrected chi connectivity index (χ1v) is 40.7. The quantitative estimate of drug-likeness (QED) is 0.0654. The van der Waals surface area contributed by atoms with E-state index in [1.807, 2.05) is 124 Å². The first kappa shape index (κ1) is 84.1. The minimum Gasteiger partial charge on any atom is -0.369 e. The molecule has 0 radical (unpaired) electrons. The van der Waals surface area contributed by atoms with Gasteiger partial charge in [-0.05, 0) is 198 Å². The lowest BCUT2D eigenvalue weighted by molar-refractivity contribution is -0.145. The number of carbonyl (C=O) groups is 5. The number of pyridine rings is 2. The third kappa shape index (κ3) is 17.5. The summed E-state index contributed by atoms with van der Waals surface area (Å²) in [5, 5.41) is 8.22. The Bertz CT molecular complexity index is 5570. The number of likely N-dealkylation sites (tertiary alicyclic amines) is 1. The topological polar surface area (TPSA) is 317 Å². The molecular weight excluding hydrogens is 1520 g/mol. The molecule has 1 unspecified atom stereocenters. The van der Waals surface area contributed by atoms with Gasteiger partial charge in [0.05, 0.1) is 12.7 Å². The second-order valence-corrected chi connectivity index (χ2v) is 32.3. The fourth-order valence-corrected chi connectivity index (χ4v) is 18.5. The lowest BCUT2D eigenvalue weighted by Crippen LogP contribution is -2.64. The zero-order valence-corrected chi connectivity index (χ0v) is 70.1. The van der Waals surface area contributed by atoms with Gasteiger partial charge >= 0.3 is 0 Å². The Balaban J connectivity index is 0.000000151. The number of guanidine groups is 4. The first-order valence-electron chi connectivity index (χ1n) is 37.2. The number of thiophene rings is 4. The molecule has 7 atom stereocenters. The molecule has 5 amide bonds. The van der Waals surface area contributed by atoms with Crippen LogP contribution >= 0.6 is 45.3 Å². The van der Waals surface area contributed by atoms with Gasteiger partial charge < -0.3 is 41.9 Å². The number of likely N-dealkylation sites (N-methyl/N-ethyl adjacent to an activating group) is 3. The zero-order chi connectivity index (χ0) is 82.7. The van der Waals surface area contributed by atoms with E-state index in [1.54, 1.807) is 106 Å². The van der Waals surface area contributed by atoms with Crippen molar-refractivity contribution in [3.05, 3.63) is 192 Å². The van der Waals surface area contributed by atoms with Crippen LogP contribution in [0.25, 0.3) is 44.5 Å². The van der Waals surface area contributed by atoms with Crippen molar-refractivity contribution >= 4 is 98.7 Å². The fraction of sp³-hybridized carbons (Fsp3) is 0.333. The maximum atomic E-state index is 13.4. The van der Waals surface area contributed by atoms with E-state index in [0.717, 1.165) is 99.2 Å². The predicted molar refractivity (Wildman–Crippen MR) is 458 cm³/mol. The number of aliphatic imine (C=N–C) groups is 4. The third-order valence-corrected chi connectivity index (χ3v) is 25.5. The SMILES string of the molecule is CC#Cc1cccc(-c2csc([C@@]3(C)N=C(N)N(C)C(=O)C3(C)n3ccnc3)c2)c1.CC#Cc1cccc(-c2csc([C@]3(C)CC(=O)N(CCCN4CCCC4=O)C(N)=N3)c2)c1.CC#Cc1cncc(-c2csc([C@@]3(C)N=C(N)N(C)C(=O)[C@H]3OC)c2)c1.CC#Cc1cncc(-c2csc([C@@]3(C)N=C(N)N(C)C(=O)[C@H]3OCC)c2)c1. The van der Waals surface area contributed by atoms with Crippen LogP contribution in [0, 0.1) is 47.4 Å². The Hall–Kier alpha value is -11.9. The van der Waals surface area contributed by atoms with E-state index in [9.17, 15) is 24.0 Å². The number of methoxy groups -OCH3 is 1. The number of ether oxygens (including phenoxy) is 2. The van der Waals surface area contributed by atoms with Gasteiger partial charge in [0.15, 0.2) is 41.6 Å². The molecule has 28 heteroatoms. The van der Waals surface area contributed by atoms with Gasteiger partial charge in [-0.25, -0.2) is 25.0 Å². The minimum atomic E-state index is -1.02. The van der Waals surface area contributed by atoms with E-state index in [-0.39, 0.29) is 59.8 Å². The molecule has 2 aromatic carbocycles. The Morgan fingerprint density at radius 3 is 1.47 bits per heavy atom. The van der Waals surface area contributed by atoms with Crippen molar-refractivity contribution < 1.29 is 33.4 Å². The molecule has 8 N–H and O–H groups in total. The summed E-state index contributed by atoms with van der Waals surface area (Å²) >= 11 is 6.21. The number of aromatic nitrogens is 4. The standard InChI is InChI=1S/C25H28N4O2S.C23H23N5OS.C20H22N4O2S.C19H20N4O2S/c1-3-7-18-8-4-9-19(14-18)20-15-21(32-17-20)25(2)16-23(31)29(24(26)27-25)13-6-12-28-11-5-10-22(28)30;1-5-7-16-8-6-9-17(12-16)18-13-19(30-14-18)22(2)23(3,28-11-10-25-15-28)20(29)27(4)21(24)26-22;1-5-7-13-8-14(11-22-10-13)15-9-16(27-12-15)20(3)17(26-6-2)18(25)24(4)19(21)23-20;1-5-6-12-7-13(10-21-9-12)14-8-15(26-11-14)19(2)16(25-4)17(24)23(3)18(20)22-19/h4,8-9,14-15,17H,5-6,10-13,16H2,1-2H3,(H2,26,27);6,8-15H,1-4H3,(H2,24,26);8-12,17H,6H2,1-4H3,(H2,21,23);7-11,16H,1-4H3,(H2,20,22)/t25-;22-,23?;17-,20-;16-,19-/m0111/s1. The summed E-state index contributed by atoms with van der Waals surface area (Å²) in [6.07, 6.45) is 13.2. The molecule has 5 aliphatic heterocycles. The van der Waals surface area contributed by atoms with Crippen molar-refractivity contribution in [2.45, 2.75) is 135 Å². The number of imidazole rings is 1. The van der Waals surface area contributed by atoms with E-state index in [0.29, 0.717) is 32.5 Å². The molecular formula is C87H93N17O7S4. The van der Waals surface area contributed by atoms with Gasteiger partial charge in [0.1, 0.15) is 22.2 Å². The predicted octanol–water partition coefficient (Wildman–Crippen LogP) is 11.7. The maximum absolute atomic E-state index is 13.4. The second-order valence-electron chi connectivity index (χ2n) is 28.6. The highest BCUT2D eigenvalue weighted by Crippen LogP contribution is 2.49. The number of nitrogens with zero attached hydrogens (tertiary/aromatic N) is 13. The normalized spacial score (nSPS) is 22.3. The van der Waals surface area contributed by atoms with Gasteiger partial charge in [0, 0.05) is 151 Å². The molecule has 7 aromatic heterocycles. The highest BCUT2D eigenvalue weighted by atomic mass is 32.1. The zero-order valence-electron chi connectivity index (χ0n) is 66.9. The summed E-state index contributed by atoms with van der Waals surface area (Å²) in [6.45, 7) is 21.0. The van der Waals surface area contributed by atoms with Crippen LogP contribution in [0.4, 0.5) is 0 Å². The lowest BCUT2D eigenvalue weighted by atomic mass is 9.75. The van der Waals surface area contributed by atoms with Crippen LogP contribution in [-0.2, 0) is 61.1 Å². The molecule has 592 valence electrons. The fourth-order valence-electron chi connectivity index (χ4n) is 14.2. The molecule has 0 spiro atoms. The number of nitrogens with two attached hydrogens (primary N) is 4. The Kier molecular flexibility index (Phi) is 26.1. The molecule has 24 nitrogen and oxygen atoms in total. The number of hydrogen-bond donors (Lipinski definition) is 4. The van der Waals surface area contributed by atoms with Gasteiger partial charge in [0.2, 0.25) is 11.8 Å². The summed E-state index contributed by atoms with van der Waals surface area (Å²) in [5.74, 6) is 24.3. The van der Waals surface area contributed by atoms with Gasteiger partial charge in [-0.15, -0.1) is 69.0 Å². The van der Waals surface area contributed by atoms with E-state index in [2.05, 4.69) is 119 Å². The van der Waals surface area contributed by atoms with Crippen LogP contribution in [-0.4, -0.2) is 164 Å². The van der Waals surface area contributed by atoms with Crippen LogP contribution < -0.4 is 22.9 Å². The van der Waals surface area contributed by atoms with Crippen LogP contribution in [0.15, 0.2) is 170 Å². The van der Waals surface area contributed by atoms with Crippen LogP contribution in [0.2, 0.25) is 0 Å². The maximum Gasteiger partial charge on any atom is 0.261 e. The molecule has 0 aliphatic carbocycles. The Morgan fingerprint density at radius 1 is 0.513 bits per heavy atom. The number of hydrogen-bond acceptors (Lipinski definition) is 22. The van der Waals surface area contributed by atoms with Crippen LogP contribution in [0.3, 0.4) is 0 Å². The second kappa shape index (κ2) is 35.7. The van der Waals surface area contributed by atoms with Crippen molar-refractivity contribution in [2.24, 2.45) is 42.9 Å². The summed E-state index contributed by atoms with van der Waals surface area (Å²) in [5.41, 5.74) is 31.9. The number of amides is 5. The average molecular weight is 1620 g/mol. The van der Waals surface area contributed by atoms with E-state index in [4.69, 9.17) is 42.4 Å². The van der Waals surface area contributed by atoms with Crippen LogP contribution in [0.1, 0.15) is 137 Å². The van der Waals surface area contributed by atoms with Crippen molar-refractivity contribution in [2.75, 3.05) is 54.5 Å². The van der Waals surface area contributed by atoms with Gasteiger partial charge in [-0.1, -0.05) is 47.9 Å². The number of benzene rings is 2. The molecule has 12 heterocycles. The van der Waals surface area contributed by atoms with E-state index < -0.39 is 39.9 Å². The van der Waals surface area contributed by atoms with Crippen molar-refractivity contribution in [1.29, 1.82) is 0 Å². The monoisotopic (exact) mass is 1620 g/mol. The van der Waals surface area contributed by atoms with Gasteiger partial charge in [-0.2, -0.15) is 0 Å². The molecule has 0 saturated carbocycles. The summed E-state index contributed by atoms with van der Waals surface area (Å²) in [7, 11) is 6.37. The van der Waals surface area contributed by atoms with E-state index >= 15 is 0 Å². The Morgan fingerprint density at radius 2 is 0.983 bits per heavy atom. The lowest BCUT2D eigenvalue weighted by Gasteiger charge is -2.47. The largest absolute Gasteiger partial charge is 0.369 e. The van der Waals surface area contributed by atoms with Crippen molar-refractivity contribution in [3.63, 3.8) is 0 Å². The molecule has 1 fully saturated rings. The smallest absolute Gasteiger partial charge is 0.261 e. The molecule has 5 aliphatic rings.